The average molecular weight is 288 g/mol. The highest BCUT2D eigenvalue weighted by molar-refractivity contribution is 7.11. The van der Waals surface area contributed by atoms with E-state index in [1.165, 1.54) is 32.3 Å². The minimum absolute atomic E-state index is 0.949. The fourth-order valence-corrected chi connectivity index (χ4v) is 3.41. The molecule has 108 valence electrons. The zero-order valence-electron chi connectivity index (χ0n) is 12.9. The fourth-order valence-electron chi connectivity index (χ4n) is 2.25. The van der Waals surface area contributed by atoms with Crippen molar-refractivity contribution in [1.29, 1.82) is 0 Å². The van der Waals surface area contributed by atoms with Crippen molar-refractivity contribution >= 4 is 11.3 Å². The van der Waals surface area contributed by atoms with Gasteiger partial charge in [0.1, 0.15) is 0 Å². The standard InChI is InChI=1S/C17H24N2S/c1-5-15-16(11-18-6-2)20-17(19-15)10-14-8-7-12(3)13(4)9-14/h7-9,18H,5-6,10-11H2,1-4H3. The first-order valence-corrected chi connectivity index (χ1v) is 8.20. The van der Waals surface area contributed by atoms with E-state index in [0.29, 0.717) is 0 Å². The highest BCUT2D eigenvalue weighted by Crippen LogP contribution is 2.22. The summed E-state index contributed by atoms with van der Waals surface area (Å²) < 4.78 is 0. The first kappa shape index (κ1) is 15.2. The number of thiazole rings is 1. The number of nitrogens with one attached hydrogen (secondary N) is 1. The number of nitrogens with zero attached hydrogens (tertiary/aromatic N) is 1. The van der Waals surface area contributed by atoms with E-state index in [0.717, 1.165) is 25.9 Å². The second-order valence-electron chi connectivity index (χ2n) is 5.21. The van der Waals surface area contributed by atoms with Crippen LogP contribution in [0.15, 0.2) is 18.2 Å². The van der Waals surface area contributed by atoms with Crippen molar-refractivity contribution in [2.75, 3.05) is 6.54 Å². The Hall–Kier alpha value is -1.19. The largest absolute Gasteiger partial charge is 0.312 e. The van der Waals surface area contributed by atoms with Crippen LogP contribution in [0.5, 0.6) is 0 Å². The molecule has 2 aromatic rings. The Balaban J connectivity index is 2.16. The second kappa shape index (κ2) is 7.00. The van der Waals surface area contributed by atoms with Gasteiger partial charge in [-0.25, -0.2) is 4.98 Å². The van der Waals surface area contributed by atoms with Crippen LogP contribution < -0.4 is 5.32 Å². The molecule has 0 bridgehead atoms. The van der Waals surface area contributed by atoms with E-state index in [4.69, 9.17) is 4.98 Å². The lowest BCUT2D eigenvalue weighted by Gasteiger charge is -2.03. The topological polar surface area (TPSA) is 24.9 Å². The third-order valence-corrected chi connectivity index (χ3v) is 4.72. The molecular formula is C17H24N2S. The lowest BCUT2D eigenvalue weighted by molar-refractivity contribution is 0.727. The van der Waals surface area contributed by atoms with E-state index in [9.17, 15) is 0 Å². The van der Waals surface area contributed by atoms with Crippen molar-refractivity contribution < 1.29 is 0 Å². The van der Waals surface area contributed by atoms with E-state index in [2.05, 4.69) is 51.2 Å². The zero-order valence-corrected chi connectivity index (χ0v) is 13.7. The van der Waals surface area contributed by atoms with Crippen molar-refractivity contribution in [1.82, 2.24) is 10.3 Å². The Morgan fingerprint density at radius 1 is 1.15 bits per heavy atom. The molecule has 20 heavy (non-hydrogen) atoms. The maximum absolute atomic E-state index is 4.81. The van der Waals surface area contributed by atoms with Crippen LogP contribution in [0, 0.1) is 13.8 Å². The van der Waals surface area contributed by atoms with E-state index in [1.807, 2.05) is 11.3 Å². The predicted octanol–water partition coefficient (Wildman–Crippen LogP) is 4.02. The summed E-state index contributed by atoms with van der Waals surface area (Å²) in [5, 5.41) is 4.64. The second-order valence-corrected chi connectivity index (χ2v) is 6.37. The monoisotopic (exact) mass is 288 g/mol. The molecule has 0 saturated heterocycles. The summed E-state index contributed by atoms with van der Waals surface area (Å²) in [5.74, 6) is 0. The molecule has 0 saturated carbocycles. The van der Waals surface area contributed by atoms with E-state index < -0.39 is 0 Å². The van der Waals surface area contributed by atoms with Crippen LogP contribution >= 0.6 is 11.3 Å². The molecular weight excluding hydrogens is 264 g/mol. The molecule has 0 radical (unpaired) electrons. The summed E-state index contributed by atoms with van der Waals surface area (Å²) in [6.07, 6.45) is 1.97. The highest BCUT2D eigenvalue weighted by atomic mass is 32.1. The highest BCUT2D eigenvalue weighted by Gasteiger charge is 2.10. The van der Waals surface area contributed by atoms with Crippen LogP contribution in [0.4, 0.5) is 0 Å². The average Bonchev–Trinajstić information content (AvgIpc) is 2.82. The van der Waals surface area contributed by atoms with Crippen LogP contribution in [0.2, 0.25) is 0 Å². The fraction of sp³-hybridized carbons (Fsp3) is 0.471. The summed E-state index contributed by atoms with van der Waals surface area (Å²) in [7, 11) is 0. The van der Waals surface area contributed by atoms with Crippen LogP contribution in [-0.2, 0) is 19.4 Å². The molecule has 2 rings (SSSR count). The van der Waals surface area contributed by atoms with E-state index >= 15 is 0 Å². The van der Waals surface area contributed by atoms with Crippen molar-refractivity contribution in [2.24, 2.45) is 0 Å². The Kier molecular flexibility index (Phi) is 5.32. The Bertz CT molecular complexity index is 572. The molecule has 1 aromatic heterocycles. The molecule has 0 spiro atoms. The summed E-state index contributed by atoms with van der Waals surface area (Å²) in [6.45, 7) is 10.6. The molecule has 0 atom stereocenters. The Morgan fingerprint density at radius 3 is 2.60 bits per heavy atom. The quantitative estimate of drug-likeness (QED) is 0.868. The number of benzene rings is 1. The van der Waals surface area contributed by atoms with Gasteiger partial charge in [0, 0.05) is 17.8 Å². The van der Waals surface area contributed by atoms with E-state index in [-0.39, 0.29) is 0 Å². The zero-order chi connectivity index (χ0) is 14.5. The maximum atomic E-state index is 4.81. The van der Waals surface area contributed by atoms with Gasteiger partial charge in [0.15, 0.2) is 0 Å². The van der Waals surface area contributed by atoms with Gasteiger partial charge in [-0.05, 0) is 43.5 Å². The normalized spacial score (nSPS) is 11.0. The molecule has 1 aromatic carbocycles. The van der Waals surface area contributed by atoms with Gasteiger partial charge >= 0.3 is 0 Å². The van der Waals surface area contributed by atoms with Gasteiger partial charge in [-0.15, -0.1) is 11.3 Å². The lowest BCUT2D eigenvalue weighted by atomic mass is 10.0. The Labute approximate surface area is 126 Å². The van der Waals surface area contributed by atoms with Crippen LogP contribution in [0.1, 0.15) is 46.1 Å². The summed E-state index contributed by atoms with van der Waals surface area (Å²) in [5.41, 5.74) is 5.34. The van der Waals surface area contributed by atoms with Gasteiger partial charge in [0.25, 0.3) is 0 Å². The van der Waals surface area contributed by atoms with Crippen molar-refractivity contribution in [3.63, 3.8) is 0 Å². The molecule has 1 heterocycles. The van der Waals surface area contributed by atoms with Gasteiger partial charge in [-0.1, -0.05) is 32.0 Å². The molecule has 0 unspecified atom stereocenters. The van der Waals surface area contributed by atoms with Gasteiger partial charge in [-0.3, -0.25) is 0 Å². The minimum Gasteiger partial charge on any atom is -0.312 e. The molecule has 1 N–H and O–H groups in total. The third-order valence-electron chi connectivity index (χ3n) is 3.62. The first-order chi connectivity index (χ1) is 9.63. The van der Waals surface area contributed by atoms with Gasteiger partial charge in [0.05, 0.1) is 10.7 Å². The third kappa shape index (κ3) is 3.68. The van der Waals surface area contributed by atoms with E-state index in [1.54, 1.807) is 0 Å². The number of hydrogen-bond acceptors (Lipinski definition) is 3. The van der Waals surface area contributed by atoms with Crippen LogP contribution in [-0.4, -0.2) is 11.5 Å². The predicted molar refractivity (Wildman–Crippen MR) is 87.6 cm³/mol. The van der Waals surface area contributed by atoms with Crippen LogP contribution in [0.25, 0.3) is 0 Å². The Morgan fingerprint density at radius 2 is 1.95 bits per heavy atom. The number of rotatable bonds is 6. The van der Waals surface area contributed by atoms with Crippen molar-refractivity contribution in [2.45, 2.75) is 47.1 Å². The molecule has 0 aliphatic heterocycles. The molecule has 0 amide bonds. The number of hydrogen-bond donors (Lipinski definition) is 1. The van der Waals surface area contributed by atoms with Crippen molar-refractivity contribution in [3.05, 3.63) is 50.5 Å². The molecule has 2 nitrogen and oxygen atoms in total. The first-order valence-electron chi connectivity index (χ1n) is 7.38. The van der Waals surface area contributed by atoms with Crippen molar-refractivity contribution in [3.8, 4) is 0 Å². The molecule has 0 aliphatic carbocycles. The minimum atomic E-state index is 0.949. The number of aromatic nitrogens is 1. The number of aryl methyl sites for hydroxylation is 3. The lowest BCUT2D eigenvalue weighted by Crippen LogP contribution is -2.11. The van der Waals surface area contributed by atoms with Crippen LogP contribution in [0.3, 0.4) is 0 Å². The van der Waals surface area contributed by atoms with Gasteiger partial charge in [-0.2, -0.15) is 0 Å². The molecule has 3 heteroatoms. The molecule has 0 aliphatic rings. The van der Waals surface area contributed by atoms with Gasteiger partial charge in [0.2, 0.25) is 0 Å². The summed E-state index contributed by atoms with van der Waals surface area (Å²) >= 11 is 1.86. The maximum Gasteiger partial charge on any atom is 0.0975 e. The van der Waals surface area contributed by atoms with Gasteiger partial charge < -0.3 is 5.32 Å². The summed E-state index contributed by atoms with van der Waals surface area (Å²) in [4.78, 5) is 6.20. The smallest absolute Gasteiger partial charge is 0.0975 e. The molecule has 0 fully saturated rings. The summed E-state index contributed by atoms with van der Waals surface area (Å²) in [6, 6.07) is 6.71. The SMILES string of the molecule is CCNCc1sc(Cc2ccc(C)c(C)c2)nc1CC.